The van der Waals surface area contributed by atoms with Crippen LogP contribution >= 0.6 is 12.2 Å². The quantitative estimate of drug-likeness (QED) is 0.739. The standard InChI is InChI=1S/C21H31N5S/c1-6-25-15(2)14-17(16(25)3)20-19(18-10-7-8-11-22-18)23-21(27)26(20)13-9-12-24(4)5/h7-8,10-11,14,19-20H,6,9,12-13H2,1-5H3,(H,23,27). The molecule has 2 atom stereocenters. The van der Waals surface area contributed by atoms with E-state index < -0.39 is 0 Å². The van der Waals surface area contributed by atoms with Crippen LogP contribution in [0.2, 0.25) is 0 Å². The number of rotatable bonds is 7. The van der Waals surface area contributed by atoms with Gasteiger partial charge in [0.25, 0.3) is 0 Å². The summed E-state index contributed by atoms with van der Waals surface area (Å²) in [5, 5.41) is 4.38. The third kappa shape index (κ3) is 4.01. The lowest BCUT2D eigenvalue weighted by atomic mass is 9.96. The van der Waals surface area contributed by atoms with Gasteiger partial charge >= 0.3 is 0 Å². The minimum absolute atomic E-state index is 0.0730. The van der Waals surface area contributed by atoms with E-state index in [0.29, 0.717) is 0 Å². The molecule has 0 radical (unpaired) electrons. The fraction of sp³-hybridized carbons (Fsp3) is 0.524. The summed E-state index contributed by atoms with van der Waals surface area (Å²) < 4.78 is 2.38. The van der Waals surface area contributed by atoms with E-state index in [1.807, 2.05) is 18.3 Å². The molecule has 146 valence electrons. The monoisotopic (exact) mass is 385 g/mol. The zero-order valence-corrected chi connectivity index (χ0v) is 17.9. The van der Waals surface area contributed by atoms with Crippen LogP contribution < -0.4 is 5.32 Å². The number of aromatic nitrogens is 2. The molecule has 5 nitrogen and oxygen atoms in total. The second-order valence-electron chi connectivity index (χ2n) is 7.55. The van der Waals surface area contributed by atoms with E-state index in [-0.39, 0.29) is 12.1 Å². The fourth-order valence-corrected chi connectivity index (χ4v) is 4.49. The average molecular weight is 386 g/mol. The molecular weight excluding hydrogens is 354 g/mol. The van der Waals surface area contributed by atoms with Gasteiger partial charge in [-0.2, -0.15) is 0 Å². The third-order valence-electron chi connectivity index (χ3n) is 5.45. The molecule has 1 aliphatic rings. The van der Waals surface area contributed by atoms with Gasteiger partial charge in [0.2, 0.25) is 0 Å². The number of thiocarbonyl (C=S) groups is 1. The van der Waals surface area contributed by atoms with E-state index >= 15 is 0 Å². The lowest BCUT2D eigenvalue weighted by Gasteiger charge is -2.28. The summed E-state index contributed by atoms with van der Waals surface area (Å²) >= 11 is 5.75. The van der Waals surface area contributed by atoms with E-state index in [4.69, 9.17) is 12.2 Å². The smallest absolute Gasteiger partial charge is 0.170 e. The second kappa shape index (κ2) is 8.40. The molecule has 0 aromatic carbocycles. The van der Waals surface area contributed by atoms with Gasteiger partial charge in [0, 0.05) is 30.7 Å². The SMILES string of the molecule is CCn1c(C)cc(C2C(c3ccccn3)NC(=S)N2CCCN(C)C)c1C. The molecule has 27 heavy (non-hydrogen) atoms. The first-order chi connectivity index (χ1) is 12.9. The summed E-state index contributed by atoms with van der Waals surface area (Å²) in [6.45, 7) is 9.58. The highest BCUT2D eigenvalue weighted by molar-refractivity contribution is 7.80. The van der Waals surface area contributed by atoms with Crippen LogP contribution in [0.25, 0.3) is 0 Å². The summed E-state index contributed by atoms with van der Waals surface area (Å²) in [4.78, 5) is 9.21. The van der Waals surface area contributed by atoms with Gasteiger partial charge in [0.15, 0.2) is 5.11 Å². The van der Waals surface area contributed by atoms with Crippen molar-refractivity contribution in [3.8, 4) is 0 Å². The van der Waals surface area contributed by atoms with Crippen molar-refractivity contribution in [1.29, 1.82) is 0 Å². The Morgan fingerprint density at radius 1 is 1.26 bits per heavy atom. The molecule has 0 bridgehead atoms. The van der Waals surface area contributed by atoms with E-state index in [1.165, 1.54) is 17.0 Å². The first kappa shape index (κ1) is 19.8. The van der Waals surface area contributed by atoms with Gasteiger partial charge in [-0.15, -0.1) is 0 Å². The molecule has 2 aromatic rings. The van der Waals surface area contributed by atoms with Crippen LogP contribution in [-0.2, 0) is 6.54 Å². The Kier molecular flexibility index (Phi) is 6.17. The third-order valence-corrected chi connectivity index (χ3v) is 5.80. The molecule has 1 N–H and O–H groups in total. The van der Waals surface area contributed by atoms with Crippen molar-refractivity contribution in [2.75, 3.05) is 27.2 Å². The Balaban J connectivity index is 1.99. The average Bonchev–Trinajstić information content (AvgIpc) is 3.11. The minimum Gasteiger partial charge on any atom is -0.352 e. The van der Waals surface area contributed by atoms with Crippen LogP contribution in [0.1, 0.15) is 48.1 Å². The number of pyridine rings is 1. The van der Waals surface area contributed by atoms with Crippen molar-refractivity contribution < 1.29 is 0 Å². The van der Waals surface area contributed by atoms with Crippen LogP contribution in [0.15, 0.2) is 30.5 Å². The minimum atomic E-state index is 0.0730. The maximum atomic E-state index is 5.75. The Labute approximate surface area is 168 Å². The summed E-state index contributed by atoms with van der Waals surface area (Å²) in [5.41, 5.74) is 5.02. The van der Waals surface area contributed by atoms with Gasteiger partial charge in [-0.1, -0.05) is 6.07 Å². The number of hydrogen-bond acceptors (Lipinski definition) is 3. The second-order valence-corrected chi connectivity index (χ2v) is 7.93. The maximum absolute atomic E-state index is 5.75. The highest BCUT2D eigenvalue weighted by Crippen LogP contribution is 2.40. The van der Waals surface area contributed by atoms with E-state index in [0.717, 1.165) is 36.9 Å². The van der Waals surface area contributed by atoms with Crippen molar-refractivity contribution in [3.63, 3.8) is 0 Å². The first-order valence-corrected chi connectivity index (χ1v) is 10.1. The van der Waals surface area contributed by atoms with Gasteiger partial charge in [-0.3, -0.25) is 4.98 Å². The van der Waals surface area contributed by atoms with Crippen LogP contribution in [0.3, 0.4) is 0 Å². The molecule has 0 amide bonds. The number of hydrogen-bond donors (Lipinski definition) is 1. The summed E-state index contributed by atoms with van der Waals surface area (Å²) in [5.74, 6) is 0. The van der Waals surface area contributed by atoms with Crippen LogP contribution in [0.4, 0.5) is 0 Å². The number of aryl methyl sites for hydroxylation is 1. The molecule has 1 fully saturated rings. The Morgan fingerprint density at radius 2 is 2.04 bits per heavy atom. The molecule has 2 aromatic heterocycles. The molecule has 2 unspecified atom stereocenters. The molecule has 3 rings (SSSR count). The van der Waals surface area contributed by atoms with Gasteiger partial charge in [0.1, 0.15) is 0 Å². The number of nitrogens with one attached hydrogen (secondary N) is 1. The predicted molar refractivity (Wildman–Crippen MR) is 115 cm³/mol. The fourth-order valence-electron chi connectivity index (χ4n) is 4.16. The molecule has 0 aliphatic carbocycles. The van der Waals surface area contributed by atoms with Crippen LogP contribution in [0.5, 0.6) is 0 Å². The Bertz CT molecular complexity index is 783. The highest BCUT2D eigenvalue weighted by Gasteiger charge is 2.40. The van der Waals surface area contributed by atoms with Crippen molar-refractivity contribution in [3.05, 3.63) is 53.1 Å². The predicted octanol–water partition coefficient (Wildman–Crippen LogP) is 3.44. The normalized spacial score (nSPS) is 19.8. The lowest BCUT2D eigenvalue weighted by Crippen LogP contribution is -2.32. The topological polar surface area (TPSA) is 36.3 Å². The molecule has 1 aliphatic heterocycles. The van der Waals surface area contributed by atoms with Gasteiger partial charge < -0.3 is 19.7 Å². The van der Waals surface area contributed by atoms with Crippen molar-refractivity contribution >= 4 is 17.3 Å². The summed E-state index contributed by atoms with van der Waals surface area (Å²) in [7, 11) is 4.23. The Morgan fingerprint density at radius 3 is 2.63 bits per heavy atom. The van der Waals surface area contributed by atoms with Crippen molar-refractivity contribution in [2.24, 2.45) is 0 Å². The first-order valence-electron chi connectivity index (χ1n) is 9.73. The summed E-state index contributed by atoms with van der Waals surface area (Å²) in [6.07, 6.45) is 2.94. The van der Waals surface area contributed by atoms with Gasteiger partial charge in [0.05, 0.1) is 17.8 Å². The molecule has 3 heterocycles. The van der Waals surface area contributed by atoms with Crippen molar-refractivity contribution in [1.82, 2.24) is 24.7 Å². The van der Waals surface area contributed by atoms with Gasteiger partial charge in [-0.25, -0.2) is 0 Å². The summed E-state index contributed by atoms with van der Waals surface area (Å²) in [6, 6.07) is 8.67. The van der Waals surface area contributed by atoms with Crippen LogP contribution in [0, 0.1) is 13.8 Å². The molecule has 1 saturated heterocycles. The molecule has 6 heteroatoms. The zero-order valence-electron chi connectivity index (χ0n) is 17.1. The lowest BCUT2D eigenvalue weighted by molar-refractivity contribution is 0.292. The van der Waals surface area contributed by atoms with E-state index in [9.17, 15) is 0 Å². The van der Waals surface area contributed by atoms with Crippen molar-refractivity contribution in [2.45, 2.75) is 45.8 Å². The van der Waals surface area contributed by atoms with E-state index in [2.05, 4.69) is 71.7 Å². The van der Waals surface area contributed by atoms with Gasteiger partial charge in [-0.05, 0) is 83.8 Å². The molecular formula is C21H31N5S. The largest absolute Gasteiger partial charge is 0.352 e. The van der Waals surface area contributed by atoms with Crippen LogP contribution in [-0.4, -0.2) is 51.6 Å². The van der Waals surface area contributed by atoms with E-state index in [1.54, 1.807) is 0 Å². The number of nitrogens with zero attached hydrogens (tertiary/aromatic N) is 4. The Hall–Kier alpha value is -1.92. The molecule has 0 saturated carbocycles. The zero-order chi connectivity index (χ0) is 19.6. The highest BCUT2D eigenvalue weighted by atomic mass is 32.1. The maximum Gasteiger partial charge on any atom is 0.170 e. The molecule has 0 spiro atoms.